The normalized spacial score (nSPS) is 23.6. The van der Waals surface area contributed by atoms with Crippen LogP contribution in [0.15, 0.2) is 0 Å². The number of hydrogen-bond donors (Lipinski definition) is 0. The summed E-state index contributed by atoms with van der Waals surface area (Å²) in [4.78, 5) is 14.1. The van der Waals surface area contributed by atoms with Gasteiger partial charge >= 0.3 is 0 Å². The van der Waals surface area contributed by atoms with Crippen molar-refractivity contribution in [3.63, 3.8) is 0 Å². The van der Waals surface area contributed by atoms with Crippen molar-refractivity contribution < 1.29 is 9.53 Å². The lowest BCUT2D eigenvalue weighted by Gasteiger charge is -2.37. The fourth-order valence-electron chi connectivity index (χ4n) is 2.46. The van der Waals surface area contributed by atoms with Crippen LogP contribution < -0.4 is 0 Å². The van der Waals surface area contributed by atoms with Crippen LogP contribution in [0.1, 0.15) is 58.8 Å². The highest BCUT2D eigenvalue weighted by Crippen LogP contribution is 2.16. The molecule has 2 unspecified atom stereocenters. The van der Waals surface area contributed by atoms with Crippen molar-refractivity contribution in [1.29, 1.82) is 0 Å². The molecule has 2 atom stereocenters. The Hall–Kier alpha value is -0.280. The number of carbonyl (C=O) groups is 1. The summed E-state index contributed by atoms with van der Waals surface area (Å²) in [5.41, 5.74) is 0. The van der Waals surface area contributed by atoms with E-state index >= 15 is 0 Å². The molecular weight excluding hydrogens is 262 g/mol. The minimum absolute atomic E-state index is 0.00590. The fourth-order valence-corrected chi connectivity index (χ4v) is 2.65. The van der Waals surface area contributed by atoms with E-state index in [0.717, 1.165) is 6.42 Å². The van der Waals surface area contributed by atoms with Gasteiger partial charge in [0.1, 0.15) is 0 Å². The smallest absolute Gasteiger partial charge is 0.222 e. The quantitative estimate of drug-likeness (QED) is 0.505. The van der Waals surface area contributed by atoms with Gasteiger partial charge in [-0.3, -0.25) is 4.79 Å². The molecule has 1 amide bonds. The number of alkyl halides is 1. The molecule has 0 saturated carbocycles. The summed E-state index contributed by atoms with van der Waals surface area (Å²) in [5.74, 6) is 0.731. The average Bonchev–Trinajstić information content (AvgIpc) is 2.43. The van der Waals surface area contributed by atoms with Crippen LogP contribution in [-0.2, 0) is 9.53 Å². The second kappa shape index (κ2) is 9.60. The zero-order chi connectivity index (χ0) is 14.1. The van der Waals surface area contributed by atoms with Gasteiger partial charge < -0.3 is 9.64 Å². The molecule has 0 bridgehead atoms. The van der Waals surface area contributed by atoms with Crippen LogP contribution in [0.4, 0.5) is 0 Å². The second-order valence-corrected chi connectivity index (χ2v) is 5.83. The number of ether oxygens (including phenoxy) is 1. The van der Waals surface area contributed by atoms with Gasteiger partial charge in [-0.1, -0.05) is 39.0 Å². The minimum atomic E-state index is 0.00590. The molecule has 0 N–H and O–H groups in total. The van der Waals surface area contributed by atoms with E-state index in [0.29, 0.717) is 25.5 Å². The summed E-state index contributed by atoms with van der Waals surface area (Å²) in [6.07, 6.45) is 7.99. The molecule has 1 aliphatic heterocycles. The largest absolute Gasteiger partial charge is 0.373 e. The lowest BCUT2D eigenvalue weighted by Crippen LogP contribution is -2.51. The lowest BCUT2D eigenvalue weighted by molar-refractivity contribution is -0.143. The molecule has 1 rings (SSSR count). The van der Waals surface area contributed by atoms with E-state index in [1.54, 1.807) is 0 Å². The molecule has 0 spiro atoms. The minimum Gasteiger partial charge on any atom is -0.373 e. The van der Waals surface area contributed by atoms with Crippen LogP contribution in [0.5, 0.6) is 0 Å². The summed E-state index contributed by atoms with van der Waals surface area (Å²) in [7, 11) is 0. The maximum atomic E-state index is 12.2. The van der Waals surface area contributed by atoms with Crippen LogP contribution >= 0.6 is 11.6 Å². The number of hydrogen-bond acceptors (Lipinski definition) is 2. The van der Waals surface area contributed by atoms with Crippen molar-refractivity contribution in [2.75, 3.05) is 19.0 Å². The predicted octanol–water partition coefficient (Wildman–Crippen LogP) is 3.59. The Balaban J connectivity index is 2.20. The van der Waals surface area contributed by atoms with Crippen molar-refractivity contribution >= 4 is 17.5 Å². The van der Waals surface area contributed by atoms with Crippen molar-refractivity contribution in [3.05, 3.63) is 0 Å². The number of morpholine rings is 1. The maximum absolute atomic E-state index is 12.2. The van der Waals surface area contributed by atoms with Crippen LogP contribution in [0.2, 0.25) is 0 Å². The zero-order valence-corrected chi connectivity index (χ0v) is 13.1. The van der Waals surface area contributed by atoms with Gasteiger partial charge in [0.25, 0.3) is 0 Å². The molecule has 1 heterocycles. The van der Waals surface area contributed by atoms with Crippen LogP contribution in [0.3, 0.4) is 0 Å². The lowest BCUT2D eigenvalue weighted by atomic mass is 10.1. The number of amides is 1. The van der Waals surface area contributed by atoms with Crippen LogP contribution in [0.25, 0.3) is 0 Å². The molecule has 1 aliphatic rings. The Bertz CT molecular complexity index is 261. The van der Waals surface area contributed by atoms with Gasteiger partial charge in [0.15, 0.2) is 0 Å². The Kier molecular flexibility index (Phi) is 8.47. The van der Waals surface area contributed by atoms with Gasteiger partial charge in [-0.15, -0.1) is 11.6 Å². The molecule has 4 heteroatoms. The second-order valence-electron chi connectivity index (χ2n) is 5.52. The molecule has 19 heavy (non-hydrogen) atoms. The van der Waals surface area contributed by atoms with Crippen LogP contribution in [-0.4, -0.2) is 42.0 Å². The molecule has 1 saturated heterocycles. The SMILES string of the molecule is CCCCCCCCC(=O)N1CC(CCl)OCC1C. The van der Waals surface area contributed by atoms with Gasteiger partial charge in [-0.25, -0.2) is 0 Å². The number of carbonyl (C=O) groups excluding carboxylic acids is 1. The number of nitrogens with zero attached hydrogens (tertiary/aromatic N) is 1. The van der Waals surface area contributed by atoms with Gasteiger partial charge in [0.05, 0.1) is 24.6 Å². The molecule has 0 aromatic heterocycles. The molecule has 0 aromatic carbocycles. The van der Waals surface area contributed by atoms with E-state index in [1.807, 2.05) is 11.8 Å². The van der Waals surface area contributed by atoms with E-state index in [2.05, 4.69) is 6.92 Å². The fraction of sp³-hybridized carbons (Fsp3) is 0.933. The number of rotatable bonds is 8. The highest BCUT2D eigenvalue weighted by Gasteiger charge is 2.28. The van der Waals surface area contributed by atoms with Crippen molar-refractivity contribution in [1.82, 2.24) is 4.90 Å². The monoisotopic (exact) mass is 289 g/mol. The van der Waals surface area contributed by atoms with E-state index in [9.17, 15) is 4.79 Å². The van der Waals surface area contributed by atoms with Crippen molar-refractivity contribution in [3.8, 4) is 0 Å². The maximum Gasteiger partial charge on any atom is 0.222 e. The highest BCUT2D eigenvalue weighted by atomic mass is 35.5. The first-order chi connectivity index (χ1) is 9.19. The molecule has 0 aromatic rings. The standard InChI is InChI=1S/C15H28ClNO2/c1-3-4-5-6-7-8-9-15(18)17-11-14(10-16)19-12-13(17)2/h13-14H,3-12H2,1-2H3. The number of halogens is 1. The average molecular weight is 290 g/mol. The third-order valence-electron chi connectivity index (χ3n) is 3.74. The van der Waals surface area contributed by atoms with Gasteiger partial charge in [-0.05, 0) is 13.3 Å². The van der Waals surface area contributed by atoms with Gasteiger partial charge in [0.2, 0.25) is 5.91 Å². The first-order valence-electron chi connectivity index (χ1n) is 7.66. The summed E-state index contributed by atoms with van der Waals surface area (Å²) >= 11 is 5.81. The first kappa shape index (κ1) is 16.8. The topological polar surface area (TPSA) is 29.5 Å². The summed E-state index contributed by atoms with van der Waals surface area (Å²) in [5, 5.41) is 0. The van der Waals surface area contributed by atoms with E-state index in [4.69, 9.17) is 16.3 Å². The Labute approximate surface area is 122 Å². The van der Waals surface area contributed by atoms with Gasteiger partial charge in [-0.2, -0.15) is 0 Å². The Morgan fingerprint density at radius 3 is 2.63 bits per heavy atom. The zero-order valence-electron chi connectivity index (χ0n) is 12.4. The summed E-state index contributed by atoms with van der Waals surface area (Å²) in [6, 6.07) is 0.187. The Morgan fingerprint density at radius 1 is 1.26 bits per heavy atom. The molecule has 112 valence electrons. The van der Waals surface area contributed by atoms with E-state index < -0.39 is 0 Å². The van der Waals surface area contributed by atoms with E-state index in [-0.39, 0.29) is 18.1 Å². The molecule has 0 radical (unpaired) electrons. The predicted molar refractivity (Wildman–Crippen MR) is 79.6 cm³/mol. The molecule has 1 fully saturated rings. The third kappa shape index (κ3) is 6.13. The summed E-state index contributed by atoms with van der Waals surface area (Å²) < 4.78 is 5.56. The highest BCUT2D eigenvalue weighted by molar-refractivity contribution is 6.18. The van der Waals surface area contributed by atoms with Crippen molar-refractivity contribution in [2.24, 2.45) is 0 Å². The first-order valence-corrected chi connectivity index (χ1v) is 8.19. The van der Waals surface area contributed by atoms with Gasteiger partial charge in [0, 0.05) is 13.0 Å². The Morgan fingerprint density at radius 2 is 1.95 bits per heavy atom. The van der Waals surface area contributed by atoms with Crippen molar-refractivity contribution in [2.45, 2.75) is 70.9 Å². The number of unbranched alkanes of at least 4 members (excludes halogenated alkanes) is 5. The summed E-state index contributed by atoms with van der Waals surface area (Å²) in [6.45, 7) is 5.53. The third-order valence-corrected chi connectivity index (χ3v) is 4.09. The van der Waals surface area contributed by atoms with E-state index in [1.165, 1.54) is 32.1 Å². The molecular formula is C15H28ClNO2. The van der Waals surface area contributed by atoms with Crippen LogP contribution in [0, 0.1) is 0 Å². The molecule has 3 nitrogen and oxygen atoms in total. The molecule has 0 aliphatic carbocycles.